The first-order valence-electron chi connectivity index (χ1n) is 6.98. The third-order valence-electron chi connectivity index (χ3n) is 4.10. The smallest absolute Gasteiger partial charge is 0.304 e. The molecule has 0 bridgehead atoms. The van der Waals surface area contributed by atoms with Gasteiger partial charge in [-0.2, -0.15) is 0 Å². The number of carbonyl (C=O) groups is 3. The normalized spacial score (nSPS) is 25.1. The second kappa shape index (κ2) is 6.08. The highest BCUT2D eigenvalue weighted by molar-refractivity contribution is 5.93. The van der Waals surface area contributed by atoms with Gasteiger partial charge in [-0.3, -0.25) is 14.4 Å². The highest BCUT2D eigenvalue weighted by Crippen LogP contribution is 2.35. The number of carbonyl (C=O) groups excluding carboxylic acids is 2. The molecule has 112 valence electrons. The molecule has 1 aliphatic rings. The number of carboxylic acids is 1. The Labute approximate surface area is 123 Å². The van der Waals surface area contributed by atoms with E-state index in [9.17, 15) is 14.4 Å². The highest BCUT2D eigenvalue weighted by Gasteiger charge is 2.48. The first kappa shape index (κ1) is 15.2. The number of ketones is 1. The lowest BCUT2D eigenvalue weighted by Gasteiger charge is -2.23. The molecule has 2 rings (SSSR count). The number of aliphatic carboxylic acids is 1. The van der Waals surface area contributed by atoms with Crippen LogP contribution in [-0.4, -0.2) is 33.7 Å². The zero-order valence-electron chi connectivity index (χ0n) is 12.2. The lowest BCUT2D eigenvalue weighted by Crippen LogP contribution is -2.33. The fraction of sp³-hybridized carbons (Fsp3) is 0.438. The molecule has 5 heteroatoms. The Balaban J connectivity index is 2.24. The van der Waals surface area contributed by atoms with Crippen molar-refractivity contribution in [1.29, 1.82) is 0 Å². The van der Waals surface area contributed by atoms with Crippen LogP contribution in [0.5, 0.6) is 0 Å². The quantitative estimate of drug-likeness (QED) is 0.895. The minimum Gasteiger partial charge on any atom is -0.481 e. The van der Waals surface area contributed by atoms with E-state index in [0.29, 0.717) is 6.54 Å². The second-order valence-corrected chi connectivity index (χ2v) is 5.53. The number of benzene rings is 1. The van der Waals surface area contributed by atoms with Crippen LogP contribution >= 0.6 is 0 Å². The number of Topliss-reactive ketones (excluding diaryl/α,β-unsaturated/α-hetero) is 1. The van der Waals surface area contributed by atoms with Crippen LogP contribution in [0.4, 0.5) is 0 Å². The van der Waals surface area contributed by atoms with Crippen molar-refractivity contribution < 1.29 is 19.5 Å². The Bertz CT molecular complexity index is 555. The van der Waals surface area contributed by atoms with Gasteiger partial charge in [-0.05, 0) is 19.4 Å². The molecule has 1 aromatic carbocycles. The van der Waals surface area contributed by atoms with Crippen LogP contribution in [0.25, 0.3) is 0 Å². The van der Waals surface area contributed by atoms with Gasteiger partial charge in [-0.25, -0.2) is 0 Å². The van der Waals surface area contributed by atoms with Gasteiger partial charge in [0, 0.05) is 18.5 Å². The number of amides is 1. The molecule has 0 radical (unpaired) electrons. The van der Waals surface area contributed by atoms with E-state index < -0.39 is 17.8 Å². The topological polar surface area (TPSA) is 74.7 Å². The van der Waals surface area contributed by atoms with Gasteiger partial charge in [0.15, 0.2) is 0 Å². The summed E-state index contributed by atoms with van der Waals surface area (Å²) in [5.74, 6) is -2.71. The van der Waals surface area contributed by atoms with Crippen molar-refractivity contribution in [3.8, 4) is 0 Å². The SMILES string of the molecule is CC(=O)[C@H]1[C@H](CC(=O)O)C(=O)N(Cc2ccccc2)[C@H]1C. The standard InChI is InChI=1S/C16H19NO4/c1-10-15(11(2)18)13(8-14(19)20)16(21)17(10)9-12-6-4-3-5-7-12/h3-7,10,13,15H,8-9H2,1-2H3,(H,19,20)/t10-,13-,15-/m0/s1. The third kappa shape index (κ3) is 3.12. The molecule has 1 fully saturated rings. The summed E-state index contributed by atoms with van der Waals surface area (Å²) in [5.41, 5.74) is 0.968. The number of hydrogen-bond acceptors (Lipinski definition) is 3. The minimum atomic E-state index is -1.05. The predicted octanol–water partition coefficient (Wildman–Crippen LogP) is 1.71. The van der Waals surface area contributed by atoms with E-state index in [1.807, 2.05) is 37.3 Å². The molecule has 0 spiro atoms. The first-order valence-corrected chi connectivity index (χ1v) is 6.98. The van der Waals surface area contributed by atoms with Crippen molar-refractivity contribution >= 4 is 17.7 Å². The fourth-order valence-corrected chi connectivity index (χ4v) is 3.12. The van der Waals surface area contributed by atoms with Crippen LogP contribution < -0.4 is 0 Å². The molecule has 1 aliphatic heterocycles. The van der Waals surface area contributed by atoms with Crippen LogP contribution in [0, 0.1) is 11.8 Å². The maximum atomic E-state index is 12.5. The summed E-state index contributed by atoms with van der Waals surface area (Å²) in [4.78, 5) is 36.9. The van der Waals surface area contributed by atoms with Crippen molar-refractivity contribution in [2.45, 2.75) is 32.9 Å². The number of likely N-dealkylation sites (tertiary alicyclic amines) is 1. The van der Waals surface area contributed by atoms with Crippen molar-refractivity contribution in [2.75, 3.05) is 0 Å². The van der Waals surface area contributed by atoms with E-state index in [-0.39, 0.29) is 24.2 Å². The molecule has 0 aliphatic carbocycles. The van der Waals surface area contributed by atoms with E-state index in [0.717, 1.165) is 5.56 Å². The van der Waals surface area contributed by atoms with Gasteiger partial charge in [0.2, 0.25) is 5.91 Å². The average molecular weight is 289 g/mol. The molecule has 1 heterocycles. The predicted molar refractivity (Wildman–Crippen MR) is 76.4 cm³/mol. The summed E-state index contributed by atoms with van der Waals surface area (Å²) in [6.45, 7) is 3.64. The number of nitrogens with zero attached hydrogens (tertiary/aromatic N) is 1. The molecule has 0 saturated carbocycles. The number of hydrogen-bond donors (Lipinski definition) is 1. The molecule has 1 saturated heterocycles. The van der Waals surface area contributed by atoms with E-state index in [4.69, 9.17) is 5.11 Å². The van der Waals surface area contributed by atoms with Gasteiger partial charge in [0.05, 0.1) is 12.3 Å². The molecule has 5 nitrogen and oxygen atoms in total. The zero-order valence-corrected chi connectivity index (χ0v) is 12.2. The number of rotatable bonds is 5. The van der Waals surface area contributed by atoms with E-state index in [1.54, 1.807) is 4.90 Å². The average Bonchev–Trinajstić information content (AvgIpc) is 2.64. The van der Waals surface area contributed by atoms with Crippen LogP contribution in [0.1, 0.15) is 25.8 Å². The van der Waals surface area contributed by atoms with Gasteiger partial charge in [0.1, 0.15) is 5.78 Å². The molecular formula is C16H19NO4. The molecule has 0 aromatic heterocycles. The van der Waals surface area contributed by atoms with E-state index >= 15 is 0 Å². The molecule has 1 amide bonds. The highest BCUT2D eigenvalue weighted by atomic mass is 16.4. The maximum Gasteiger partial charge on any atom is 0.304 e. The van der Waals surface area contributed by atoms with E-state index in [2.05, 4.69) is 0 Å². The molecule has 3 atom stereocenters. The van der Waals surface area contributed by atoms with Gasteiger partial charge >= 0.3 is 5.97 Å². The van der Waals surface area contributed by atoms with Gasteiger partial charge in [-0.15, -0.1) is 0 Å². The van der Waals surface area contributed by atoms with E-state index in [1.165, 1.54) is 6.92 Å². The third-order valence-corrected chi connectivity index (χ3v) is 4.10. The molecule has 1 aromatic rings. The Morgan fingerprint density at radius 1 is 1.24 bits per heavy atom. The number of carboxylic acid groups (broad SMARTS) is 1. The van der Waals surface area contributed by atoms with Crippen molar-refractivity contribution in [3.05, 3.63) is 35.9 Å². The van der Waals surface area contributed by atoms with Crippen LogP contribution in [0.2, 0.25) is 0 Å². The summed E-state index contributed by atoms with van der Waals surface area (Å²) in [7, 11) is 0. The van der Waals surface area contributed by atoms with Crippen LogP contribution in [-0.2, 0) is 20.9 Å². The first-order chi connectivity index (χ1) is 9.91. The Kier molecular flexibility index (Phi) is 4.40. The van der Waals surface area contributed by atoms with Gasteiger partial charge in [-0.1, -0.05) is 30.3 Å². The molecule has 21 heavy (non-hydrogen) atoms. The lowest BCUT2D eigenvalue weighted by molar-refractivity contribution is -0.143. The van der Waals surface area contributed by atoms with Gasteiger partial charge in [0.25, 0.3) is 0 Å². The summed E-state index contributed by atoms with van der Waals surface area (Å²) in [5, 5.41) is 8.97. The minimum absolute atomic E-state index is 0.127. The van der Waals surface area contributed by atoms with Crippen molar-refractivity contribution in [2.24, 2.45) is 11.8 Å². The van der Waals surface area contributed by atoms with Gasteiger partial charge < -0.3 is 10.0 Å². The van der Waals surface area contributed by atoms with Crippen molar-refractivity contribution in [1.82, 2.24) is 4.90 Å². The molecular weight excluding hydrogens is 270 g/mol. The largest absolute Gasteiger partial charge is 0.481 e. The second-order valence-electron chi connectivity index (χ2n) is 5.53. The van der Waals surface area contributed by atoms with Crippen LogP contribution in [0.15, 0.2) is 30.3 Å². The summed E-state index contributed by atoms with van der Waals surface area (Å²) in [6.07, 6.45) is -0.293. The Morgan fingerprint density at radius 3 is 2.38 bits per heavy atom. The Hall–Kier alpha value is -2.17. The lowest BCUT2D eigenvalue weighted by atomic mass is 9.85. The monoisotopic (exact) mass is 289 g/mol. The zero-order chi connectivity index (χ0) is 15.6. The van der Waals surface area contributed by atoms with Crippen molar-refractivity contribution in [3.63, 3.8) is 0 Å². The van der Waals surface area contributed by atoms with Crippen LogP contribution in [0.3, 0.4) is 0 Å². The maximum absolute atomic E-state index is 12.5. The molecule has 1 N–H and O–H groups in total. The summed E-state index contributed by atoms with van der Waals surface area (Å²) in [6, 6.07) is 9.21. The Morgan fingerprint density at radius 2 is 1.86 bits per heavy atom. The summed E-state index contributed by atoms with van der Waals surface area (Å²) < 4.78 is 0. The fourth-order valence-electron chi connectivity index (χ4n) is 3.12. The summed E-state index contributed by atoms with van der Waals surface area (Å²) >= 11 is 0. The molecule has 0 unspecified atom stereocenters.